The molecule has 2 bridgehead atoms. The van der Waals surface area contributed by atoms with Gasteiger partial charge in [-0.15, -0.1) is 0 Å². The lowest BCUT2D eigenvalue weighted by atomic mass is 9.68. The first kappa shape index (κ1) is 16.5. The summed E-state index contributed by atoms with van der Waals surface area (Å²) in [5, 5.41) is 12.9. The van der Waals surface area contributed by atoms with Crippen LogP contribution >= 0.6 is 0 Å². The molecule has 138 valence electrons. The molecule has 0 amide bonds. The van der Waals surface area contributed by atoms with Crippen LogP contribution in [-0.4, -0.2) is 16.9 Å². The lowest BCUT2D eigenvalue weighted by Gasteiger charge is -2.43. The van der Waals surface area contributed by atoms with E-state index in [1.807, 2.05) is 24.3 Å². The molecule has 4 heteroatoms. The highest BCUT2D eigenvalue weighted by Gasteiger charge is 2.53. The monoisotopic (exact) mass is 361 g/mol. The SMILES string of the molecule is CC(=O)c1ccc2c(c1)C1C3CCC(C3)C1C(c1ccc(C(=O)O)cc1)N2. The average molecular weight is 361 g/mol. The highest BCUT2D eigenvalue weighted by Crippen LogP contribution is 2.63. The Hall–Kier alpha value is -2.62. The number of nitrogens with one attached hydrogen (secondary N) is 1. The first-order valence-electron chi connectivity index (χ1n) is 9.77. The first-order valence-corrected chi connectivity index (χ1v) is 9.77. The number of carbonyl (C=O) groups is 2. The predicted molar refractivity (Wildman–Crippen MR) is 103 cm³/mol. The molecule has 2 aliphatic carbocycles. The second-order valence-electron chi connectivity index (χ2n) is 8.34. The van der Waals surface area contributed by atoms with Crippen LogP contribution in [0.3, 0.4) is 0 Å². The Bertz CT molecular complexity index is 933. The van der Waals surface area contributed by atoms with Gasteiger partial charge in [0.2, 0.25) is 0 Å². The Morgan fingerprint density at radius 3 is 2.41 bits per heavy atom. The van der Waals surface area contributed by atoms with E-state index in [1.165, 1.54) is 24.8 Å². The van der Waals surface area contributed by atoms with Crippen molar-refractivity contribution in [3.63, 3.8) is 0 Å². The molecule has 27 heavy (non-hydrogen) atoms. The predicted octanol–water partition coefficient (Wildman–Crippen LogP) is 4.88. The number of aromatic carboxylic acids is 1. The molecule has 0 radical (unpaired) electrons. The van der Waals surface area contributed by atoms with E-state index in [9.17, 15) is 14.7 Å². The highest BCUT2D eigenvalue weighted by atomic mass is 16.4. The number of Topliss-reactive ketones (excluding diaryl/α,β-unsaturated/α-hetero) is 1. The number of carboxylic acid groups (broad SMARTS) is 1. The summed E-state index contributed by atoms with van der Waals surface area (Å²) in [6, 6.07) is 13.6. The molecule has 1 heterocycles. The molecule has 5 atom stereocenters. The molecule has 2 N–H and O–H groups in total. The summed E-state index contributed by atoms with van der Waals surface area (Å²) < 4.78 is 0. The lowest BCUT2D eigenvalue weighted by molar-refractivity contribution is 0.0696. The maximum absolute atomic E-state index is 11.9. The quantitative estimate of drug-likeness (QED) is 0.765. The van der Waals surface area contributed by atoms with Crippen LogP contribution in [-0.2, 0) is 0 Å². The molecular weight excluding hydrogens is 338 g/mol. The molecule has 1 aliphatic heterocycles. The van der Waals surface area contributed by atoms with E-state index in [4.69, 9.17) is 0 Å². The van der Waals surface area contributed by atoms with Gasteiger partial charge in [0.1, 0.15) is 0 Å². The smallest absolute Gasteiger partial charge is 0.335 e. The van der Waals surface area contributed by atoms with Crippen molar-refractivity contribution in [2.75, 3.05) is 5.32 Å². The fourth-order valence-electron chi connectivity index (χ4n) is 5.87. The minimum atomic E-state index is -0.891. The summed E-state index contributed by atoms with van der Waals surface area (Å²) in [6.07, 6.45) is 3.82. The van der Waals surface area contributed by atoms with Crippen molar-refractivity contribution in [2.45, 2.75) is 38.1 Å². The fraction of sp³-hybridized carbons (Fsp3) is 0.391. The lowest BCUT2D eigenvalue weighted by Crippen LogP contribution is -2.35. The minimum Gasteiger partial charge on any atom is -0.478 e. The molecule has 0 spiro atoms. The molecule has 0 saturated heterocycles. The zero-order valence-corrected chi connectivity index (χ0v) is 15.3. The van der Waals surface area contributed by atoms with Crippen molar-refractivity contribution in [3.8, 4) is 0 Å². The van der Waals surface area contributed by atoms with Crippen LogP contribution in [0.4, 0.5) is 5.69 Å². The Balaban J connectivity index is 1.58. The number of hydrogen-bond acceptors (Lipinski definition) is 3. The van der Waals surface area contributed by atoms with Crippen LogP contribution in [0, 0.1) is 17.8 Å². The second-order valence-corrected chi connectivity index (χ2v) is 8.34. The Morgan fingerprint density at radius 1 is 1.00 bits per heavy atom. The number of hydrogen-bond donors (Lipinski definition) is 2. The van der Waals surface area contributed by atoms with Gasteiger partial charge in [-0.25, -0.2) is 4.79 Å². The summed E-state index contributed by atoms with van der Waals surface area (Å²) >= 11 is 0. The second kappa shape index (κ2) is 5.95. The maximum Gasteiger partial charge on any atom is 0.335 e. The molecule has 2 fully saturated rings. The molecule has 2 aromatic rings. The van der Waals surface area contributed by atoms with Crippen LogP contribution in [0.15, 0.2) is 42.5 Å². The van der Waals surface area contributed by atoms with Gasteiger partial charge in [-0.2, -0.15) is 0 Å². The largest absolute Gasteiger partial charge is 0.478 e. The van der Waals surface area contributed by atoms with Gasteiger partial charge in [-0.1, -0.05) is 12.1 Å². The van der Waals surface area contributed by atoms with Gasteiger partial charge < -0.3 is 10.4 Å². The van der Waals surface area contributed by atoms with E-state index in [1.54, 1.807) is 19.1 Å². The average Bonchev–Trinajstić information content (AvgIpc) is 3.29. The van der Waals surface area contributed by atoms with Crippen molar-refractivity contribution >= 4 is 17.4 Å². The summed E-state index contributed by atoms with van der Waals surface area (Å²) in [7, 11) is 0. The molecule has 2 aromatic carbocycles. The Labute approximate surface area is 158 Å². The molecule has 3 aliphatic rings. The number of carboxylic acids is 1. The van der Waals surface area contributed by atoms with E-state index in [0.717, 1.165) is 16.8 Å². The number of benzene rings is 2. The number of anilines is 1. The van der Waals surface area contributed by atoms with Crippen LogP contribution < -0.4 is 5.32 Å². The van der Waals surface area contributed by atoms with Gasteiger partial charge >= 0.3 is 5.97 Å². The third-order valence-corrected chi connectivity index (χ3v) is 7.01. The molecule has 5 rings (SSSR count). The molecule has 0 aromatic heterocycles. The van der Waals surface area contributed by atoms with E-state index >= 15 is 0 Å². The third-order valence-electron chi connectivity index (χ3n) is 7.01. The summed E-state index contributed by atoms with van der Waals surface area (Å²) in [5.74, 6) is 1.62. The van der Waals surface area contributed by atoms with Crippen LogP contribution in [0.1, 0.15) is 70.0 Å². The van der Waals surface area contributed by atoms with E-state index in [2.05, 4.69) is 11.4 Å². The van der Waals surface area contributed by atoms with Crippen LogP contribution in [0.2, 0.25) is 0 Å². The fourth-order valence-corrected chi connectivity index (χ4v) is 5.87. The summed E-state index contributed by atoms with van der Waals surface area (Å²) in [6.45, 7) is 1.63. The Morgan fingerprint density at radius 2 is 1.70 bits per heavy atom. The third kappa shape index (κ3) is 2.50. The van der Waals surface area contributed by atoms with Gasteiger partial charge in [-0.3, -0.25) is 4.79 Å². The zero-order chi connectivity index (χ0) is 18.7. The van der Waals surface area contributed by atoms with Crippen LogP contribution in [0.25, 0.3) is 0 Å². The number of carbonyl (C=O) groups excluding carboxylic acids is 1. The number of rotatable bonds is 3. The van der Waals surface area contributed by atoms with E-state index < -0.39 is 5.97 Å². The van der Waals surface area contributed by atoms with Gasteiger partial charge in [0, 0.05) is 11.3 Å². The van der Waals surface area contributed by atoms with Crippen molar-refractivity contribution in [3.05, 3.63) is 64.7 Å². The van der Waals surface area contributed by atoms with Gasteiger partial charge in [0.15, 0.2) is 5.78 Å². The van der Waals surface area contributed by atoms with Crippen molar-refractivity contribution in [1.29, 1.82) is 0 Å². The number of ketones is 1. The molecular formula is C23H23NO3. The van der Waals surface area contributed by atoms with Gasteiger partial charge in [0.25, 0.3) is 0 Å². The number of fused-ring (bicyclic) bond motifs is 7. The van der Waals surface area contributed by atoms with E-state index in [-0.39, 0.29) is 11.8 Å². The summed E-state index contributed by atoms with van der Waals surface area (Å²) in [4.78, 5) is 23.1. The van der Waals surface area contributed by atoms with E-state index in [0.29, 0.717) is 29.2 Å². The molecule has 4 nitrogen and oxygen atoms in total. The first-order chi connectivity index (χ1) is 13.0. The standard InChI is InChI=1S/C23H23NO3/c1-12(25)15-8-9-19-18(11-15)20-16-6-7-17(10-16)21(20)22(24-19)13-2-4-14(5-3-13)23(26)27/h2-5,8-9,11,16-17,20-22,24H,6-7,10H2,1H3,(H,26,27). The van der Waals surface area contributed by atoms with Crippen LogP contribution in [0.5, 0.6) is 0 Å². The summed E-state index contributed by atoms with van der Waals surface area (Å²) in [5.41, 5.74) is 4.70. The van der Waals surface area contributed by atoms with Crippen molar-refractivity contribution in [2.24, 2.45) is 17.8 Å². The van der Waals surface area contributed by atoms with Crippen molar-refractivity contribution in [1.82, 2.24) is 0 Å². The normalized spacial score (nSPS) is 30.3. The molecule has 2 saturated carbocycles. The van der Waals surface area contributed by atoms with Crippen molar-refractivity contribution < 1.29 is 14.7 Å². The van der Waals surface area contributed by atoms with Gasteiger partial charge in [-0.05, 0) is 91.3 Å². The minimum absolute atomic E-state index is 0.115. The zero-order valence-electron chi connectivity index (χ0n) is 15.3. The van der Waals surface area contributed by atoms with Gasteiger partial charge in [0.05, 0.1) is 11.6 Å². The highest BCUT2D eigenvalue weighted by molar-refractivity contribution is 5.95. The maximum atomic E-state index is 11.9. The Kier molecular flexibility index (Phi) is 3.64. The topological polar surface area (TPSA) is 66.4 Å². The molecule has 5 unspecified atom stereocenters.